The maximum absolute atomic E-state index is 12.3. The maximum atomic E-state index is 12.3. The van der Waals surface area contributed by atoms with E-state index in [0.717, 1.165) is 5.56 Å². The quantitative estimate of drug-likeness (QED) is 0.459. The lowest BCUT2D eigenvalue weighted by molar-refractivity contribution is 0.194. The Labute approximate surface area is 168 Å². The second-order valence-corrected chi connectivity index (χ2v) is 6.20. The summed E-state index contributed by atoms with van der Waals surface area (Å²) in [5.74, 6) is 1.32. The monoisotopic (exact) mass is 391 g/mol. The summed E-state index contributed by atoms with van der Waals surface area (Å²) in [6, 6.07) is 23.4. The zero-order valence-electron chi connectivity index (χ0n) is 15.6. The van der Waals surface area contributed by atoms with Crippen molar-refractivity contribution in [1.82, 2.24) is 5.32 Å². The minimum absolute atomic E-state index is 0.305. The molecule has 4 N–H and O–H groups in total. The highest BCUT2D eigenvalue weighted by Crippen LogP contribution is 2.24. The van der Waals surface area contributed by atoms with Crippen LogP contribution >= 0.6 is 0 Å². The maximum Gasteiger partial charge on any atom is 0.404 e. The smallest absolute Gasteiger partial charge is 0.404 e. The van der Waals surface area contributed by atoms with Gasteiger partial charge in [-0.15, -0.1) is 0 Å². The average molecular weight is 391 g/mol. The van der Waals surface area contributed by atoms with Crippen LogP contribution in [0.3, 0.4) is 0 Å². The molecular formula is C22H21N3O4. The molecule has 29 heavy (non-hydrogen) atoms. The Kier molecular flexibility index (Phi) is 6.67. The second kappa shape index (κ2) is 9.80. The number of nitrogens with one attached hydrogen (secondary N) is 3. The molecule has 7 heteroatoms. The van der Waals surface area contributed by atoms with E-state index in [1.807, 2.05) is 42.5 Å². The largest absolute Gasteiger partial charge is 0.465 e. The van der Waals surface area contributed by atoms with Crippen LogP contribution in [-0.2, 0) is 6.42 Å². The number of carbonyl (C=O) groups is 2. The van der Waals surface area contributed by atoms with E-state index in [9.17, 15) is 9.59 Å². The van der Waals surface area contributed by atoms with Gasteiger partial charge in [-0.05, 0) is 48.4 Å². The summed E-state index contributed by atoms with van der Waals surface area (Å²) in [6.45, 7) is 0.305. The molecule has 0 aliphatic heterocycles. The summed E-state index contributed by atoms with van der Waals surface area (Å²) >= 11 is 0. The highest BCUT2D eigenvalue weighted by atomic mass is 16.5. The van der Waals surface area contributed by atoms with Gasteiger partial charge in [-0.3, -0.25) is 0 Å². The number of benzene rings is 3. The van der Waals surface area contributed by atoms with Gasteiger partial charge in [0.25, 0.3) is 0 Å². The first kappa shape index (κ1) is 19.8. The third kappa shape index (κ3) is 6.59. The van der Waals surface area contributed by atoms with E-state index in [-0.39, 0.29) is 6.03 Å². The van der Waals surface area contributed by atoms with Crippen molar-refractivity contribution < 1.29 is 19.4 Å². The topological polar surface area (TPSA) is 99.7 Å². The van der Waals surface area contributed by atoms with Gasteiger partial charge in [0.2, 0.25) is 0 Å². The Morgan fingerprint density at radius 2 is 1.45 bits per heavy atom. The van der Waals surface area contributed by atoms with Gasteiger partial charge >= 0.3 is 12.1 Å². The van der Waals surface area contributed by atoms with Crippen molar-refractivity contribution in [3.63, 3.8) is 0 Å². The predicted octanol–water partition coefficient (Wildman–Crippen LogP) is 4.93. The average Bonchev–Trinajstić information content (AvgIpc) is 2.69. The van der Waals surface area contributed by atoms with E-state index >= 15 is 0 Å². The number of urea groups is 1. The molecule has 0 heterocycles. The third-order valence-electron chi connectivity index (χ3n) is 3.95. The number of carboxylic acid groups (broad SMARTS) is 1. The SMILES string of the molecule is O=C(O)NCCc1cccc(NC(=O)Nc2cccc(Oc3ccccc3)c2)c1. The molecule has 148 valence electrons. The van der Waals surface area contributed by atoms with Crippen LogP contribution in [-0.4, -0.2) is 23.8 Å². The zero-order valence-corrected chi connectivity index (χ0v) is 15.6. The van der Waals surface area contributed by atoms with Crippen molar-refractivity contribution in [2.75, 3.05) is 17.2 Å². The Morgan fingerprint density at radius 3 is 2.17 bits per heavy atom. The number of hydrogen-bond donors (Lipinski definition) is 4. The van der Waals surface area contributed by atoms with E-state index in [1.54, 1.807) is 36.4 Å². The summed E-state index contributed by atoms with van der Waals surface area (Å²) in [5, 5.41) is 16.5. The molecule has 0 aliphatic rings. The van der Waals surface area contributed by atoms with Crippen LogP contribution in [0.4, 0.5) is 21.0 Å². The second-order valence-electron chi connectivity index (χ2n) is 6.20. The van der Waals surface area contributed by atoms with E-state index in [0.29, 0.717) is 35.8 Å². The minimum Gasteiger partial charge on any atom is -0.465 e. The molecule has 3 rings (SSSR count). The van der Waals surface area contributed by atoms with Gasteiger partial charge in [-0.2, -0.15) is 0 Å². The van der Waals surface area contributed by atoms with Crippen LogP contribution in [0.25, 0.3) is 0 Å². The van der Waals surface area contributed by atoms with Crippen LogP contribution in [0.15, 0.2) is 78.9 Å². The van der Waals surface area contributed by atoms with Crippen molar-refractivity contribution in [2.24, 2.45) is 0 Å². The lowest BCUT2D eigenvalue weighted by Gasteiger charge is -2.11. The van der Waals surface area contributed by atoms with Crippen molar-refractivity contribution in [3.8, 4) is 11.5 Å². The van der Waals surface area contributed by atoms with Crippen molar-refractivity contribution in [3.05, 3.63) is 84.4 Å². The molecule has 0 aliphatic carbocycles. The lowest BCUT2D eigenvalue weighted by Crippen LogP contribution is -2.23. The Bertz CT molecular complexity index is 977. The van der Waals surface area contributed by atoms with Crippen LogP contribution in [0, 0.1) is 0 Å². The fourth-order valence-corrected chi connectivity index (χ4v) is 2.67. The number of hydrogen-bond acceptors (Lipinski definition) is 3. The minimum atomic E-state index is -1.06. The number of rotatable bonds is 7. The molecule has 3 amide bonds. The summed E-state index contributed by atoms with van der Waals surface area (Å²) in [4.78, 5) is 22.8. The van der Waals surface area contributed by atoms with E-state index < -0.39 is 6.09 Å². The molecule has 0 fully saturated rings. The highest BCUT2D eigenvalue weighted by molar-refractivity contribution is 5.99. The van der Waals surface area contributed by atoms with Crippen LogP contribution in [0.5, 0.6) is 11.5 Å². The third-order valence-corrected chi connectivity index (χ3v) is 3.95. The fraction of sp³-hybridized carbons (Fsp3) is 0.0909. The van der Waals surface area contributed by atoms with Gasteiger partial charge in [0.1, 0.15) is 11.5 Å². The zero-order chi connectivity index (χ0) is 20.5. The first-order valence-electron chi connectivity index (χ1n) is 9.05. The lowest BCUT2D eigenvalue weighted by atomic mass is 10.1. The molecule has 0 unspecified atom stereocenters. The summed E-state index contributed by atoms with van der Waals surface area (Å²) in [7, 11) is 0. The van der Waals surface area contributed by atoms with Crippen molar-refractivity contribution in [2.45, 2.75) is 6.42 Å². The number of amides is 3. The van der Waals surface area contributed by atoms with Gasteiger partial charge in [-0.1, -0.05) is 36.4 Å². The van der Waals surface area contributed by atoms with Gasteiger partial charge in [-0.25, -0.2) is 9.59 Å². The molecule has 0 spiro atoms. The van der Waals surface area contributed by atoms with Gasteiger partial charge in [0.05, 0.1) is 0 Å². The fourth-order valence-electron chi connectivity index (χ4n) is 2.67. The molecule has 0 bridgehead atoms. The van der Waals surface area contributed by atoms with Crippen LogP contribution < -0.4 is 20.7 Å². The first-order chi connectivity index (χ1) is 14.1. The van der Waals surface area contributed by atoms with E-state index in [4.69, 9.17) is 9.84 Å². The summed E-state index contributed by atoms with van der Waals surface area (Å²) < 4.78 is 5.77. The molecule has 0 saturated carbocycles. The highest BCUT2D eigenvalue weighted by Gasteiger charge is 2.05. The van der Waals surface area contributed by atoms with Gasteiger partial charge < -0.3 is 25.8 Å². The molecule has 3 aromatic rings. The number of ether oxygens (including phenoxy) is 1. The number of para-hydroxylation sites is 1. The molecule has 0 aromatic heterocycles. The van der Waals surface area contributed by atoms with Crippen molar-refractivity contribution in [1.29, 1.82) is 0 Å². The first-order valence-corrected chi connectivity index (χ1v) is 9.05. The number of carbonyl (C=O) groups excluding carboxylic acids is 1. The summed E-state index contributed by atoms with van der Waals surface area (Å²) in [5.41, 5.74) is 2.12. The molecule has 7 nitrogen and oxygen atoms in total. The molecule has 0 atom stereocenters. The van der Waals surface area contributed by atoms with Crippen LogP contribution in [0.2, 0.25) is 0 Å². The molecule has 0 radical (unpaired) electrons. The summed E-state index contributed by atoms with van der Waals surface area (Å²) in [6.07, 6.45) is -0.528. The molecular weight excluding hydrogens is 370 g/mol. The van der Waals surface area contributed by atoms with Gasteiger partial charge in [0.15, 0.2) is 0 Å². The van der Waals surface area contributed by atoms with Crippen LogP contribution in [0.1, 0.15) is 5.56 Å². The number of anilines is 2. The standard InChI is InChI=1S/C22H21N3O4/c26-21(24-17-7-4-6-16(14-17)12-13-23-22(27)28)25-18-8-5-11-20(15-18)29-19-9-2-1-3-10-19/h1-11,14-15,23H,12-13H2,(H,27,28)(H2,24,25,26). The predicted molar refractivity (Wildman–Crippen MR) is 112 cm³/mol. The Hall–Kier alpha value is -4.00. The Balaban J connectivity index is 1.57. The molecule has 3 aromatic carbocycles. The normalized spacial score (nSPS) is 10.1. The Morgan fingerprint density at radius 1 is 0.793 bits per heavy atom. The van der Waals surface area contributed by atoms with Crippen molar-refractivity contribution >= 4 is 23.5 Å². The molecule has 0 saturated heterocycles. The van der Waals surface area contributed by atoms with Gasteiger partial charge in [0, 0.05) is 24.0 Å². The van der Waals surface area contributed by atoms with E-state index in [2.05, 4.69) is 16.0 Å². The van der Waals surface area contributed by atoms with E-state index in [1.165, 1.54) is 0 Å².